The second-order valence-electron chi connectivity index (χ2n) is 9.97. The van der Waals surface area contributed by atoms with Crippen LogP contribution in [-0.2, 0) is 11.8 Å². The predicted octanol–water partition coefficient (Wildman–Crippen LogP) is 7.29. The van der Waals surface area contributed by atoms with E-state index in [1.165, 1.54) is 40.7 Å². The first kappa shape index (κ1) is 23.9. The smallest absolute Gasteiger partial charge is 0.122 e. The number of aliphatic hydroxyl groups is 1. The van der Waals surface area contributed by atoms with Crippen molar-refractivity contribution in [2.24, 2.45) is 5.41 Å². The largest absolute Gasteiger partial charge is 0.493 e. The predicted molar refractivity (Wildman–Crippen MR) is 131 cm³/mol. The Kier molecular flexibility index (Phi) is 7.52. The second kappa shape index (κ2) is 9.77. The van der Waals surface area contributed by atoms with Crippen molar-refractivity contribution in [2.75, 3.05) is 6.61 Å². The number of aryl methyl sites for hydroxylation is 3. The van der Waals surface area contributed by atoms with Crippen LogP contribution >= 0.6 is 0 Å². The van der Waals surface area contributed by atoms with Gasteiger partial charge in [-0.2, -0.15) is 0 Å². The molecular weight excluding hydrogens is 380 g/mol. The Hall–Kier alpha value is -1.80. The highest BCUT2D eigenvalue weighted by atomic mass is 16.5. The highest BCUT2D eigenvalue weighted by molar-refractivity contribution is 5.47. The first-order valence-corrected chi connectivity index (χ1v) is 12.3. The molecule has 1 atom stereocenters. The molecule has 1 aliphatic carbocycles. The van der Waals surface area contributed by atoms with Gasteiger partial charge in [-0.05, 0) is 98.1 Å². The summed E-state index contributed by atoms with van der Waals surface area (Å²) < 4.78 is 5.92. The Morgan fingerprint density at radius 2 is 1.58 bits per heavy atom. The summed E-state index contributed by atoms with van der Waals surface area (Å²) in [6.45, 7) is 14.1. The number of ether oxygens (including phenoxy) is 1. The zero-order chi connectivity index (χ0) is 22.6. The third-order valence-electron chi connectivity index (χ3n) is 7.82. The molecule has 1 fully saturated rings. The maximum atomic E-state index is 10.5. The second-order valence-corrected chi connectivity index (χ2v) is 9.97. The van der Waals surface area contributed by atoms with E-state index in [9.17, 15) is 5.11 Å². The molecule has 3 rings (SSSR count). The number of benzene rings is 2. The van der Waals surface area contributed by atoms with Crippen LogP contribution in [0.15, 0.2) is 36.4 Å². The van der Waals surface area contributed by atoms with Crippen LogP contribution in [0.1, 0.15) is 94.0 Å². The Bertz CT molecular complexity index is 874. The molecular formula is C29H42O2. The van der Waals surface area contributed by atoms with Crippen molar-refractivity contribution < 1.29 is 9.84 Å². The Balaban J connectivity index is 1.84. The van der Waals surface area contributed by atoms with Gasteiger partial charge < -0.3 is 9.84 Å². The number of rotatable bonds is 11. The van der Waals surface area contributed by atoms with Crippen molar-refractivity contribution in [2.45, 2.75) is 98.0 Å². The molecule has 31 heavy (non-hydrogen) atoms. The summed E-state index contributed by atoms with van der Waals surface area (Å²) in [7, 11) is 0. The fourth-order valence-electron chi connectivity index (χ4n) is 5.00. The molecule has 2 aromatic rings. The van der Waals surface area contributed by atoms with Crippen molar-refractivity contribution >= 4 is 0 Å². The standard InChI is InChI=1S/C29H42O2/c1-7-18-31-26-14-13-25(20-22(26)5)29(8-2,9-3)24-12-10-23(21(4)19-24)11-15-27(30)28(6)16-17-28/h10,12-14,19-20,27,30H,7-9,11,15-18H2,1-6H3. The summed E-state index contributed by atoms with van der Waals surface area (Å²) in [5.74, 6) is 1.00. The van der Waals surface area contributed by atoms with Gasteiger partial charge in [-0.3, -0.25) is 0 Å². The van der Waals surface area contributed by atoms with Crippen LogP contribution in [0.2, 0.25) is 0 Å². The lowest BCUT2D eigenvalue weighted by Gasteiger charge is -2.34. The molecule has 2 nitrogen and oxygen atoms in total. The first-order chi connectivity index (χ1) is 14.8. The molecule has 1 saturated carbocycles. The topological polar surface area (TPSA) is 29.5 Å². The molecule has 0 spiro atoms. The fourth-order valence-corrected chi connectivity index (χ4v) is 5.00. The van der Waals surface area contributed by atoms with Crippen LogP contribution in [0.25, 0.3) is 0 Å². The van der Waals surface area contributed by atoms with Crippen molar-refractivity contribution in [3.8, 4) is 5.75 Å². The summed E-state index contributed by atoms with van der Waals surface area (Å²) in [5, 5.41) is 10.5. The average Bonchev–Trinajstić information content (AvgIpc) is 3.52. The summed E-state index contributed by atoms with van der Waals surface area (Å²) in [6, 6.07) is 13.8. The molecule has 1 aliphatic rings. The highest BCUT2D eigenvalue weighted by Crippen LogP contribution is 2.49. The van der Waals surface area contributed by atoms with E-state index < -0.39 is 0 Å². The van der Waals surface area contributed by atoms with E-state index in [1.54, 1.807) is 0 Å². The molecule has 0 heterocycles. The van der Waals surface area contributed by atoms with Crippen LogP contribution in [0, 0.1) is 19.3 Å². The van der Waals surface area contributed by atoms with Gasteiger partial charge in [0.1, 0.15) is 5.75 Å². The lowest BCUT2D eigenvalue weighted by atomic mass is 9.69. The van der Waals surface area contributed by atoms with Gasteiger partial charge in [0.05, 0.1) is 12.7 Å². The van der Waals surface area contributed by atoms with Gasteiger partial charge in [-0.1, -0.05) is 58.0 Å². The summed E-state index contributed by atoms with van der Waals surface area (Å²) in [5.41, 5.74) is 6.90. The zero-order valence-corrected chi connectivity index (χ0v) is 20.6. The number of aliphatic hydroxyl groups excluding tert-OH is 1. The van der Waals surface area contributed by atoms with Crippen LogP contribution < -0.4 is 4.74 Å². The fraction of sp³-hybridized carbons (Fsp3) is 0.586. The Morgan fingerprint density at radius 3 is 2.10 bits per heavy atom. The minimum atomic E-state index is -0.173. The summed E-state index contributed by atoms with van der Waals surface area (Å²) in [4.78, 5) is 0. The van der Waals surface area contributed by atoms with Crippen molar-refractivity contribution in [3.05, 3.63) is 64.2 Å². The molecule has 0 aromatic heterocycles. The van der Waals surface area contributed by atoms with E-state index >= 15 is 0 Å². The molecule has 2 heteroatoms. The van der Waals surface area contributed by atoms with Crippen LogP contribution in [0.5, 0.6) is 5.75 Å². The molecule has 0 bridgehead atoms. The van der Waals surface area contributed by atoms with E-state index in [4.69, 9.17) is 4.74 Å². The van der Waals surface area contributed by atoms with Crippen LogP contribution in [0.4, 0.5) is 0 Å². The van der Waals surface area contributed by atoms with Gasteiger partial charge in [0.15, 0.2) is 0 Å². The van der Waals surface area contributed by atoms with Crippen molar-refractivity contribution in [3.63, 3.8) is 0 Å². The molecule has 0 amide bonds. The van der Waals surface area contributed by atoms with Crippen molar-refractivity contribution in [1.82, 2.24) is 0 Å². The van der Waals surface area contributed by atoms with E-state index in [-0.39, 0.29) is 16.9 Å². The average molecular weight is 423 g/mol. The Morgan fingerprint density at radius 1 is 0.968 bits per heavy atom. The van der Waals surface area contributed by atoms with E-state index in [0.717, 1.165) is 44.5 Å². The number of hydrogen-bond donors (Lipinski definition) is 1. The molecule has 0 radical (unpaired) electrons. The minimum absolute atomic E-state index is 0.0122. The maximum absolute atomic E-state index is 10.5. The van der Waals surface area contributed by atoms with Gasteiger partial charge in [0.2, 0.25) is 0 Å². The van der Waals surface area contributed by atoms with E-state index in [2.05, 4.69) is 77.9 Å². The molecule has 0 aliphatic heterocycles. The monoisotopic (exact) mass is 422 g/mol. The minimum Gasteiger partial charge on any atom is -0.493 e. The molecule has 1 unspecified atom stereocenters. The normalized spacial score (nSPS) is 16.2. The van der Waals surface area contributed by atoms with Gasteiger partial charge in [-0.15, -0.1) is 0 Å². The van der Waals surface area contributed by atoms with Crippen LogP contribution in [-0.4, -0.2) is 17.8 Å². The maximum Gasteiger partial charge on any atom is 0.122 e. The van der Waals surface area contributed by atoms with Gasteiger partial charge in [0.25, 0.3) is 0 Å². The highest BCUT2D eigenvalue weighted by Gasteiger charge is 2.43. The number of hydrogen-bond acceptors (Lipinski definition) is 2. The van der Waals surface area contributed by atoms with E-state index in [1.807, 2.05) is 0 Å². The van der Waals surface area contributed by atoms with E-state index in [0.29, 0.717) is 0 Å². The molecule has 2 aromatic carbocycles. The molecule has 1 N–H and O–H groups in total. The summed E-state index contributed by atoms with van der Waals surface area (Å²) >= 11 is 0. The third-order valence-corrected chi connectivity index (χ3v) is 7.82. The lowest BCUT2D eigenvalue weighted by molar-refractivity contribution is 0.0945. The van der Waals surface area contributed by atoms with Gasteiger partial charge in [-0.25, -0.2) is 0 Å². The summed E-state index contributed by atoms with van der Waals surface area (Å²) in [6.07, 6.45) is 7.14. The third kappa shape index (κ3) is 5.00. The van der Waals surface area contributed by atoms with Gasteiger partial charge >= 0.3 is 0 Å². The lowest BCUT2D eigenvalue weighted by Crippen LogP contribution is -2.26. The molecule has 170 valence electrons. The SMILES string of the molecule is CCCOc1ccc(C(CC)(CC)c2ccc(CCC(O)C3(C)CC3)c(C)c2)cc1C. The molecule has 0 saturated heterocycles. The van der Waals surface area contributed by atoms with Gasteiger partial charge in [0, 0.05) is 5.41 Å². The Labute approximate surface area is 190 Å². The van der Waals surface area contributed by atoms with Crippen molar-refractivity contribution in [1.29, 1.82) is 0 Å². The zero-order valence-electron chi connectivity index (χ0n) is 20.6. The first-order valence-electron chi connectivity index (χ1n) is 12.3. The quantitative estimate of drug-likeness (QED) is 0.412. The van der Waals surface area contributed by atoms with Crippen LogP contribution in [0.3, 0.4) is 0 Å².